The number of hydrogen-bond donors (Lipinski definition) is 2. The Hall–Kier alpha value is -2.40. The van der Waals surface area contributed by atoms with Crippen LogP contribution in [0.15, 0.2) is 42.5 Å². The molecule has 1 amide bonds. The molecule has 0 aliphatic carbocycles. The Morgan fingerprint density at radius 3 is 2.50 bits per heavy atom. The fraction of sp³-hybridized carbons (Fsp3) is 0.278. The molecule has 0 radical (unpaired) electrons. The lowest BCUT2D eigenvalue weighted by Crippen LogP contribution is -2.22. The number of hydrogen-bond acceptors (Lipinski definition) is 4. The number of nitrogens with one attached hydrogen (secondary N) is 2. The molecule has 128 valence electrons. The number of amides is 1. The first-order valence-corrected chi connectivity index (χ1v) is 7.99. The van der Waals surface area contributed by atoms with Crippen molar-refractivity contribution in [3.8, 4) is 11.5 Å². The van der Waals surface area contributed by atoms with Crippen molar-refractivity contribution in [3.05, 3.63) is 47.5 Å². The minimum atomic E-state index is -0.196. The number of methoxy groups -OCH3 is 1. The normalized spacial score (nSPS) is 10.4. The Morgan fingerprint density at radius 1 is 1.17 bits per heavy atom. The maximum absolute atomic E-state index is 12.1. The van der Waals surface area contributed by atoms with Gasteiger partial charge in [-0.1, -0.05) is 11.6 Å². The van der Waals surface area contributed by atoms with E-state index in [1.54, 1.807) is 18.2 Å². The summed E-state index contributed by atoms with van der Waals surface area (Å²) in [4.78, 5) is 12.1. The predicted octanol–water partition coefficient (Wildman–Crippen LogP) is 4.19. The van der Waals surface area contributed by atoms with Gasteiger partial charge in [0, 0.05) is 10.7 Å². The third kappa shape index (κ3) is 5.35. The molecule has 0 fully saturated rings. The van der Waals surface area contributed by atoms with Gasteiger partial charge in [-0.15, -0.1) is 0 Å². The number of anilines is 2. The fourth-order valence-corrected chi connectivity index (χ4v) is 2.25. The summed E-state index contributed by atoms with van der Waals surface area (Å²) < 4.78 is 10.8. The van der Waals surface area contributed by atoms with E-state index in [1.165, 1.54) is 7.11 Å². The summed E-state index contributed by atoms with van der Waals surface area (Å²) in [6.07, 6.45) is 0.127. The summed E-state index contributed by atoms with van der Waals surface area (Å²) in [7, 11) is 1.54. The van der Waals surface area contributed by atoms with Crippen LogP contribution < -0.4 is 20.1 Å². The van der Waals surface area contributed by atoms with Gasteiger partial charge in [-0.3, -0.25) is 4.79 Å². The second-order valence-corrected chi connectivity index (χ2v) is 5.87. The van der Waals surface area contributed by atoms with Gasteiger partial charge in [0.15, 0.2) is 0 Å². The maximum Gasteiger partial charge on any atom is 0.243 e. The highest BCUT2D eigenvalue weighted by atomic mass is 35.5. The Labute approximate surface area is 146 Å². The van der Waals surface area contributed by atoms with Crippen molar-refractivity contribution in [2.75, 3.05) is 24.3 Å². The van der Waals surface area contributed by atoms with Crippen LogP contribution in [0.5, 0.6) is 11.5 Å². The second-order valence-electron chi connectivity index (χ2n) is 5.44. The van der Waals surface area contributed by atoms with Gasteiger partial charge in [0.05, 0.1) is 25.4 Å². The van der Waals surface area contributed by atoms with E-state index in [-0.39, 0.29) is 18.6 Å². The van der Waals surface area contributed by atoms with Gasteiger partial charge in [-0.25, -0.2) is 0 Å². The molecule has 2 aromatic carbocycles. The Bertz CT molecular complexity index is 687. The van der Waals surface area contributed by atoms with Crippen molar-refractivity contribution >= 4 is 28.9 Å². The van der Waals surface area contributed by atoms with E-state index in [0.29, 0.717) is 16.5 Å². The van der Waals surface area contributed by atoms with Crippen LogP contribution in [0, 0.1) is 0 Å². The molecule has 0 heterocycles. The van der Waals surface area contributed by atoms with Crippen LogP contribution in [0.4, 0.5) is 11.4 Å². The lowest BCUT2D eigenvalue weighted by atomic mass is 10.2. The van der Waals surface area contributed by atoms with Crippen molar-refractivity contribution in [2.45, 2.75) is 20.0 Å². The molecule has 0 saturated heterocycles. The minimum Gasteiger partial charge on any atom is -0.495 e. The van der Waals surface area contributed by atoms with E-state index in [9.17, 15) is 4.79 Å². The zero-order chi connectivity index (χ0) is 17.5. The lowest BCUT2D eigenvalue weighted by molar-refractivity contribution is -0.114. The van der Waals surface area contributed by atoms with Crippen LogP contribution in [0.3, 0.4) is 0 Å². The third-order valence-electron chi connectivity index (χ3n) is 3.11. The van der Waals surface area contributed by atoms with E-state index in [2.05, 4.69) is 10.6 Å². The first kappa shape index (κ1) is 17.9. The number of ether oxygens (including phenoxy) is 2. The van der Waals surface area contributed by atoms with E-state index in [4.69, 9.17) is 21.1 Å². The van der Waals surface area contributed by atoms with Gasteiger partial charge in [-0.05, 0) is 56.3 Å². The summed E-state index contributed by atoms with van der Waals surface area (Å²) >= 11 is 5.95. The van der Waals surface area contributed by atoms with Gasteiger partial charge in [0.2, 0.25) is 5.91 Å². The first-order chi connectivity index (χ1) is 11.5. The number of carbonyl (C=O) groups excluding carboxylic acids is 1. The predicted molar refractivity (Wildman–Crippen MR) is 97.3 cm³/mol. The molecular weight excluding hydrogens is 328 g/mol. The molecule has 2 rings (SSSR count). The van der Waals surface area contributed by atoms with Crippen LogP contribution in [-0.2, 0) is 4.79 Å². The van der Waals surface area contributed by atoms with Crippen LogP contribution in [0.2, 0.25) is 5.02 Å². The average molecular weight is 349 g/mol. The van der Waals surface area contributed by atoms with Crippen LogP contribution >= 0.6 is 11.6 Å². The van der Waals surface area contributed by atoms with Crippen LogP contribution in [0.1, 0.15) is 13.8 Å². The molecule has 0 bridgehead atoms. The van der Waals surface area contributed by atoms with Crippen molar-refractivity contribution in [1.29, 1.82) is 0 Å². The zero-order valence-corrected chi connectivity index (χ0v) is 14.7. The van der Waals surface area contributed by atoms with Crippen LogP contribution in [0.25, 0.3) is 0 Å². The molecule has 0 spiro atoms. The molecule has 6 heteroatoms. The Kier molecular flexibility index (Phi) is 6.32. The molecule has 0 aliphatic heterocycles. The molecule has 2 N–H and O–H groups in total. The van der Waals surface area contributed by atoms with Gasteiger partial charge in [0.1, 0.15) is 11.5 Å². The smallest absolute Gasteiger partial charge is 0.243 e. The van der Waals surface area contributed by atoms with Gasteiger partial charge < -0.3 is 20.1 Å². The standard InChI is InChI=1S/C18H21ClN2O3/c1-12(2)24-15-7-5-14(6-8-15)20-11-18(22)21-16-10-13(19)4-9-17(16)23-3/h4-10,12,20H,11H2,1-3H3,(H,21,22). The van der Waals surface area contributed by atoms with E-state index >= 15 is 0 Å². The lowest BCUT2D eigenvalue weighted by Gasteiger charge is -2.12. The Balaban J connectivity index is 1.90. The van der Waals surface area contributed by atoms with Crippen molar-refractivity contribution in [3.63, 3.8) is 0 Å². The van der Waals surface area contributed by atoms with E-state index in [1.807, 2.05) is 38.1 Å². The molecule has 0 atom stereocenters. The molecule has 2 aromatic rings. The van der Waals surface area contributed by atoms with Crippen molar-refractivity contribution in [1.82, 2.24) is 0 Å². The van der Waals surface area contributed by atoms with Gasteiger partial charge in [-0.2, -0.15) is 0 Å². The maximum atomic E-state index is 12.1. The number of benzene rings is 2. The Morgan fingerprint density at radius 2 is 1.88 bits per heavy atom. The minimum absolute atomic E-state index is 0.125. The summed E-state index contributed by atoms with van der Waals surface area (Å²) in [6, 6.07) is 12.5. The molecule has 5 nitrogen and oxygen atoms in total. The highest BCUT2D eigenvalue weighted by Crippen LogP contribution is 2.27. The zero-order valence-electron chi connectivity index (χ0n) is 13.9. The summed E-state index contributed by atoms with van der Waals surface area (Å²) in [5.74, 6) is 1.16. The second kappa shape index (κ2) is 8.45. The fourth-order valence-electron chi connectivity index (χ4n) is 2.08. The summed E-state index contributed by atoms with van der Waals surface area (Å²) in [5.41, 5.74) is 1.37. The van der Waals surface area contributed by atoms with Crippen LogP contribution in [-0.4, -0.2) is 25.7 Å². The number of halogens is 1. The summed E-state index contributed by atoms with van der Waals surface area (Å²) in [6.45, 7) is 4.07. The number of carbonyl (C=O) groups is 1. The third-order valence-corrected chi connectivity index (χ3v) is 3.35. The first-order valence-electron chi connectivity index (χ1n) is 7.62. The van der Waals surface area contributed by atoms with E-state index < -0.39 is 0 Å². The monoisotopic (exact) mass is 348 g/mol. The number of rotatable bonds is 7. The van der Waals surface area contributed by atoms with Gasteiger partial charge >= 0.3 is 0 Å². The summed E-state index contributed by atoms with van der Waals surface area (Å²) in [5, 5.41) is 6.36. The molecule has 0 aromatic heterocycles. The molecular formula is C18H21ClN2O3. The molecule has 0 aliphatic rings. The quantitative estimate of drug-likeness (QED) is 0.787. The molecule has 0 unspecified atom stereocenters. The van der Waals surface area contributed by atoms with Crippen molar-refractivity contribution in [2.24, 2.45) is 0 Å². The highest BCUT2D eigenvalue weighted by Gasteiger charge is 2.08. The average Bonchev–Trinajstić information content (AvgIpc) is 2.54. The van der Waals surface area contributed by atoms with Crippen molar-refractivity contribution < 1.29 is 14.3 Å². The molecule has 0 saturated carbocycles. The highest BCUT2D eigenvalue weighted by molar-refractivity contribution is 6.31. The van der Waals surface area contributed by atoms with Gasteiger partial charge in [0.25, 0.3) is 0 Å². The molecule has 24 heavy (non-hydrogen) atoms. The van der Waals surface area contributed by atoms with E-state index in [0.717, 1.165) is 11.4 Å². The largest absolute Gasteiger partial charge is 0.495 e. The SMILES string of the molecule is COc1ccc(Cl)cc1NC(=O)CNc1ccc(OC(C)C)cc1. The topological polar surface area (TPSA) is 59.6 Å².